The second kappa shape index (κ2) is 5.65. The van der Waals surface area contributed by atoms with E-state index in [0.29, 0.717) is 6.42 Å². The molecular formula is C13H18F2N2O2S. The van der Waals surface area contributed by atoms with Crippen molar-refractivity contribution >= 4 is 15.7 Å². The second-order valence-electron chi connectivity index (χ2n) is 5.01. The van der Waals surface area contributed by atoms with E-state index >= 15 is 0 Å². The lowest BCUT2D eigenvalue weighted by molar-refractivity contribution is 0.388. The first-order valence-corrected chi connectivity index (χ1v) is 8.08. The van der Waals surface area contributed by atoms with E-state index in [1.54, 1.807) is 0 Å². The Labute approximate surface area is 117 Å². The number of rotatable bonds is 6. The average molecular weight is 304 g/mol. The Kier molecular flexibility index (Phi) is 4.29. The molecule has 0 radical (unpaired) electrons. The first-order chi connectivity index (χ1) is 9.37. The van der Waals surface area contributed by atoms with Crippen molar-refractivity contribution in [3.63, 3.8) is 0 Å². The van der Waals surface area contributed by atoms with Crippen LogP contribution in [0.15, 0.2) is 17.0 Å². The van der Waals surface area contributed by atoms with Gasteiger partial charge in [-0.3, -0.25) is 0 Å². The maximum absolute atomic E-state index is 13.8. The number of nitrogens with zero attached hydrogens (tertiary/aromatic N) is 1. The van der Waals surface area contributed by atoms with Crippen LogP contribution in [0.5, 0.6) is 0 Å². The largest absolute Gasteiger partial charge is 0.399 e. The monoisotopic (exact) mass is 304 g/mol. The highest BCUT2D eigenvalue weighted by Crippen LogP contribution is 2.34. The number of hydrogen-bond acceptors (Lipinski definition) is 3. The SMILES string of the molecule is CCCCN(C1CC1)S(=O)(=O)c1c(F)cc(N)cc1F. The van der Waals surface area contributed by atoms with E-state index < -0.39 is 26.6 Å². The fourth-order valence-electron chi connectivity index (χ4n) is 2.12. The summed E-state index contributed by atoms with van der Waals surface area (Å²) in [4.78, 5) is -0.894. The van der Waals surface area contributed by atoms with Gasteiger partial charge in [-0.15, -0.1) is 0 Å². The number of unbranched alkanes of at least 4 members (excludes halogenated alkanes) is 1. The summed E-state index contributed by atoms with van der Waals surface area (Å²) in [5.41, 5.74) is 5.18. The Morgan fingerprint density at radius 3 is 2.30 bits per heavy atom. The molecule has 20 heavy (non-hydrogen) atoms. The van der Waals surface area contributed by atoms with Crippen molar-refractivity contribution in [2.24, 2.45) is 0 Å². The minimum absolute atomic E-state index is 0.134. The van der Waals surface area contributed by atoms with Crippen molar-refractivity contribution in [2.75, 3.05) is 12.3 Å². The van der Waals surface area contributed by atoms with E-state index in [4.69, 9.17) is 5.73 Å². The molecule has 112 valence electrons. The van der Waals surface area contributed by atoms with Gasteiger partial charge in [-0.25, -0.2) is 17.2 Å². The van der Waals surface area contributed by atoms with Crippen molar-refractivity contribution in [1.29, 1.82) is 0 Å². The van der Waals surface area contributed by atoms with Crippen molar-refractivity contribution in [1.82, 2.24) is 4.31 Å². The molecule has 0 saturated heterocycles. The zero-order chi connectivity index (χ0) is 14.9. The van der Waals surface area contributed by atoms with E-state index in [-0.39, 0.29) is 18.3 Å². The summed E-state index contributed by atoms with van der Waals surface area (Å²) >= 11 is 0. The third-order valence-corrected chi connectivity index (χ3v) is 5.28. The summed E-state index contributed by atoms with van der Waals surface area (Å²) in [5.74, 6) is -2.27. The third kappa shape index (κ3) is 2.93. The molecule has 2 N–H and O–H groups in total. The first kappa shape index (κ1) is 15.2. The Hall–Kier alpha value is -1.21. The van der Waals surface area contributed by atoms with E-state index in [2.05, 4.69) is 0 Å². The molecule has 4 nitrogen and oxygen atoms in total. The maximum Gasteiger partial charge on any atom is 0.249 e. The van der Waals surface area contributed by atoms with E-state index in [9.17, 15) is 17.2 Å². The van der Waals surface area contributed by atoms with Gasteiger partial charge in [0.05, 0.1) is 0 Å². The molecule has 0 unspecified atom stereocenters. The molecule has 2 rings (SSSR count). The van der Waals surface area contributed by atoms with Gasteiger partial charge in [-0.2, -0.15) is 4.31 Å². The lowest BCUT2D eigenvalue weighted by Crippen LogP contribution is -2.35. The summed E-state index contributed by atoms with van der Waals surface area (Å²) in [6, 6.07) is 1.53. The lowest BCUT2D eigenvalue weighted by atomic mass is 10.3. The van der Waals surface area contributed by atoms with Crippen molar-refractivity contribution < 1.29 is 17.2 Å². The number of nitrogens with two attached hydrogens (primary N) is 1. The van der Waals surface area contributed by atoms with Crippen LogP contribution in [-0.4, -0.2) is 25.3 Å². The van der Waals surface area contributed by atoms with Gasteiger partial charge in [0.25, 0.3) is 0 Å². The predicted octanol–water partition coefficient (Wildman–Crippen LogP) is 2.50. The Morgan fingerprint density at radius 1 is 1.30 bits per heavy atom. The fourth-order valence-corrected chi connectivity index (χ4v) is 3.94. The molecule has 1 aromatic carbocycles. The topological polar surface area (TPSA) is 63.4 Å². The van der Waals surface area contributed by atoms with E-state index in [0.717, 1.165) is 31.4 Å². The molecule has 1 fully saturated rings. The Balaban J connectivity index is 2.42. The van der Waals surface area contributed by atoms with Crippen LogP contribution in [0.2, 0.25) is 0 Å². The molecule has 1 saturated carbocycles. The Bertz CT molecular complexity index is 577. The zero-order valence-corrected chi connectivity index (χ0v) is 12.1. The van der Waals surface area contributed by atoms with Gasteiger partial charge in [0.2, 0.25) is 10.0 Å². The zero-order valence-electron chi connectivity index (χ0n) is 11.3. The summed E-state index contributed by atoms with van der Waals surface area (Å²) < 4.78 is 53.9. The van der Waals surface area contributed by atoms with Crippen molar-refractivity contribution in [3.8, 4) is 0 Å². The lowest BCUT2D eigenvalue weighted by Gasteiger charge is -2.22. The van der Waals surface area contributed by atoms with Crippen LogP contribution < -0.4 is 5.73 Å². The van der Waals surface area contributed by atoms with Gasteiger partial charge < -0.3 is 5.73 Å². The van der Waals surface area contributed by atoms with Crippen LogP contribution >= 0.6 is 0 Å². The minimum atomic E-state index is -4.16. The van der Waals surface area contributed by atoms with Crippen LogP contribution in [0.4, 0.5) is 14.5 Å². The number of nitrogen functional groups attached to an aromatic ring is 1. The summed E-state index contributed by atoms with van der Waals surface area (Å²) in [6.45, 7) is 2.22. The third-order valence-electron chi connectivity index (χ3n) is 3.27. The first-order valence-electron chi connectivity index (χ1n) is 6.64. The van der Waals surface area contributed by atoms with Gasteiger partial charge in [-0.05, 0) is 31.4 Å². The normalized spacial score (nSPS) is 15.8. The Morgan fingerprint density at radius 2 is 1.85 bits per heavy atom. The van der Waals surface area contributed by atoms with Crippen LogP contribution in [0.1, 0.15) is 32.6 Å². The summed E-state index contributed by atoms with van der Waals surface area (Å²) in [5, 5.41) is 0. The van der Waals surface area contributed by atoms with Gasteiger partial charge in [0, 0.05) is 18.3 Å². The number of benzene rings is 1. The molecule has 7 heteroatoms. The minimum Gasteiger partial charge on any atom is -0.399 e. The molecule has 0 spiro atoms. The number of halogens is 2. The van der Waals surface area contributed by atoms with Gasteiger partial charge in [0.1, 0.15) is 11.6 Å². The van der Waals surface area contributed by atoms with Crippen molar-refractivity contribution in [3.05, 3.63) is 23.8 Å². The van der Waals surface area contributed by atoms with E-state index in [1.165, 1.54) is 4.31 Å². The van der Waals surface area contributed by atoms with Crippen LogP contribution in [-0.2, 0) is 10.0 Å². The smallest absolute Gasteiger partial charge is 0.249 e. The predicted molar refractivity (Wildman–Crippen MR) is 72.6 cm³/mol. The van der Waals surface area contributed by atoms with Crippen molar-refractivity contribution in [2.45, 2.75) is 43.5 Å². The molecule has 1 aliphatic rings. The maximum atomic E-state index is 13.8. The number of anilines is 1. The molecular weight excluding hydrogens is 286 g/mol. The number of hydrogen-bond donors (Lipinski definition) is 1. The van der Waals surface area contributed by atoms with Crippen LogP contribution in [0.25, 0.3) is 0 Å². The summed E-state index contributed by atoms with van der Waals surface area (Å²) in [7, 11) is -4.16. The van der Waals surface area contributed by atoms with Crippen LogP contribution in [0.3, 0.4) is 0 Å². The van der Waals surface area contributed by atoms with Crippen LogP contribution in [0, 0.1) is 11.6 Å². The quantitative estimate of drug-likeness (QED) is 0.821. The fraction of sp³-hybridized carbons (Fsp3) is 0.538. The molecule has 0 amide bonds. The molecule has 0 bridgehead atoms. The molecule has 0 atom stereocenters. The highest BCUT2D eigenvalue weighted by molar-refractivity contribution is 7.89. The average Bonchev–Trinajstić information content (AvgIpc) is 3.11. The molecule has 0 heterocycles. The number of sulfonamides is 1. The van der Waals surface area contributed by atoms with Gasteiger partial charge >= 0.3 is 0 Å². The molecule has 1 aromatic rings. The standard InChI is InChI=1S/C13H18F2N2O2S/c1-2-3-6-17(10-4-5-10)20(18,19)13-11(14)7-9(16)8-12(13)15/h7-8,10H,2-6,16H2,1H3. The highest BCUT2D eigenvalue weighted by atomic mass is 32.2. The molecule has 0 aliphatic heterocycles. The van der Waals surface area contributed by atoms with E-state index in [1.807, 2.05) is 6.92 Å². The highest BCUT2D eigenvalue weighted by Gasteiger charge is 2.40. The van der Waals surface area contributed by atoms with Gasteiger partial charge in [-0.1, -0.05) is 13.3 Å². The molecule has 0 aromatic heterocycles. The second-order valence-corrected chi connectivity index (χ2v) is 6.84. The summed E-state index contributed by atoms with van der Waals surface area (Å²) in [6.07, 6.45) is 2.95. The van der Waals surface area contributed by atoms with Gasteiger partial charge in [0.15, 0.2) is 4.90 Å². The molecule has 1 aliphatic carbocycles.